The van der Waals surface area contributed by atoms with Gasteiger partial charge in [0.15, 0.2) is 0 Å². The van der Waals surface area contributed by atoms with E-state index < -0.39 is 0 Å². The molecule has 1 amide bonds. The number of hydrogen-bond donors (Lipinski definition) is 1. The number of esters is 1. The third-order valence-electron chi connectivity index (χ3n) is 3.82. The molecule has 0 saturated carbocycles. The second-order valence-corrected chi connectivity index (χ2v) is 4.95. The Morgan fingerprint density at radius 1 is 1.22 bits per heavy atom. The van der Waals surface area contributed by atoms with E-state index in [-0.39, 0.29) is 24.3 Å². The first-order chi connectivity index (χ1) is 8.69. The normalized spacial score (nSPS) is 26.9. The van der Waals surface area contributed by atoms with Gasteiger partial charge in [0.2, 0.25) is 0 Å². The highest BCUT2D eigenvalue weighted by Gasteiger charge is 2.42. The quantitative estimate of drug-likeness (QED) is 0.684. The van der Waals surface area contributed by atoms with Crippen LogP contribution < -0.4 is 5.32 Å². The van der Waals surface area contributed by atoms with Crippen molar-refractivity contribution < 1.29 is 19.1 Å². The Kier molecular flexibility index (Phi) is 2.74. The van der Waals surface area contributed by atoms with E-state index in [1.165, 1.54) is 11.0 Å². The fourth-order valence-corrected chi connectivity index (χ4v) is 2.71. The number of amides is 1. The zero-order chi connectivity index (χ0) is 12.6. The minimum absolute atomic E-state index is 0.169. The van der Waals surface area contributed by atoms with Gasteiger partial charge in [0, 0.05) is 19.0 Å². The van der Waals surface area contributed by atoms with E-state index in [1.54, 1.807) is 0 Å². The maximum absolute atomic E-state index is 12.0. The fraction of sp³-hybridized carbons (Fsp3) is 0.667. The maximum Gasteiger partial charge on any atom is 0.414 e. The van der Waals surface area contributed by atoms with Gasteiger partial charge in [-0.3, -0.25) is 4.90 Å². The molecule has 0 aromatic heterocycles. The summed E-state index contributed by atoms with van der Waals surface area (Å²) in [5.74, 6) is -0.389. The topological polar surface area (TPSA) is 67.9 Å². The predicted molar refractivity (Wildman–Crippen MR) is 61.7 cm³/mol. The second kappa shape index (κ2) is 4.28. The fourth-order valence-electron chi connectivity index (χ4n) is 2.71. The molecule has 3 aliphatic heterocycles. The van der Waals surface area contributed by atoms with Gasteiger partial charge >= 0.3 is 12.1 Å². The van der Waals surface area contributed by atoms with Crippen molar-refractivity contribution in [3.05, 3.63) is 11.8 Å². The van der Waals surface area contributed by atoms with Gasteiger partial charge in [0.1, 0.15) is 12.2 Å². The lowest BCUT2D eigenvalue weighted by molar-refractivity contribution is -0.135. The van der Waals surface area contributed by atoms with Crippen LogP contribution in [-0.4, -0.2) is 48.8 Å². The van der Waals surface area contributed by atoms with E-state index in [1.807, 2.05) is 0 Å². The summed E-state index contributed by atoms with van der Waals surface area (Å²) in [6.07, 6.45) is 3.54. The molecule has 1 spiro atoms. The zero-order valence-corrected chi connectivity index (χ0v) is 10.1. The number of carbonyl (C=O) groups is 2. The van der Waals surface area contributed by atoms with Crippen LogP contribution in [0.25, 0.3) is 0 Å². The van der Waals surface area contributed by atoms with Gasteiger partial charge < -0.3 is 14.8 Å². The number of nitrogens with zero attached hydrogens (tertiary/aromatic N) is 1. The molecule has 6 nitrogen and oxygen atoms in total. The van der Waals surface area contributed by atoms with Gasteiger partial charge in [-0.05, 0) is 25.9 Å². The molecule has 2 saturated heterocycles. The summed E-state index contributed by atoms with van der Waals surface area (Å²) in [6.45, 7) is 2.54. The van der Waals surface area contributed by atoms with E-state index in [0.717, 1.165) is 32.4 Å². The summed E-state index contributed by atoms with van der Waals surface area (Å²) in [5, 5.41) is 3.26. The Labute approximate surface area is 105 Å². The number of piperidine rings is 1. The molecule has 6 heteroatoms. The molecule has 0 aromatic rings. The average molecular weight is 252 g/mol. The third kappa shape index (κ3) is 1.96. The first-order valence-electron chi connectivity index (χ1n) is 6.27. The molecule has 0 aliphatic carbocycles. The molecule has 3 rings (SSSR count). The SMILES string of the molecule is O=C1C=C(N2CCC3(CCNCC3)OC2=O)CO1. The highest BCUT2D eigenvalue weighted by molar-refractivity contribution is 5.86. The standard InChI is InChI=1S/C12H16N2O4/c15-10-7-9(8-17-10)14-6-3-12(18-11(14)16)1-4-13-5-2-12/h7,13H,1-6,8H2. The highest BCUT2D eigenvalue weighted by atomic mass is 16.6. The Morgan fingerprint density at radius 2 is 2.00 bits per heavy atom. The first kappa shape index (κ1) is 11.5. The van der Waals surface area contributed by atoms with Gasteiger partial charge in [0.05, 0.1) is 5.70 Å². The number of rotatable bonds is 1. The molecule has 98 valence electrons. The molecule has 0 unspecified atom stereocenters. The van der Waals surface area contributed by atoms with Crippen molar-refractivity contribution in [2.24, 2.45) is 0 Å². The third-order valence-corrected chi connectivity index (χ3v) is 3.82. The molecule has 0 bridgehead atoms. The van der Waals surface area contributed by atoms with Crippen molar-refractivity contribution in [2.75, 3.05) is 26.2 Å². The highest BCUT2D eigenvalue weighted by Crippen LogP contribution is 2.33. The summed E-state index contributed by atoms with van der Waals surface area (Å²) in [4.78, 5) is 24.6. The number of ether oxygens (including phenoxy) is 2. The maximum atomic E-state index is 12.0. The van der Waals surface area contributed by atoms with Crippen LogP contribution in [0, 0.1) is 0 Å². The van der Waals surface area contributed by atoms with Crippen LogP contribution in [0.1, 0.15) is 19.3 Å². The Hall–Kier alpha value is -1.56. The van der Waals surface area contributed by atoms with Gasteiger partial charge in [-0.1, -0.05) is 0 Å². The minimum atomic E-state index is -0.389. The molecule has 0 radical (unpaired) electrons. The molecule has 2 fully saturated rings. The van der Waals surface area contributed by atoms with Crippen molar-refractivity contribution in [1.29, 1.82) is 0 Å². The molecule has 3 aliphatic rings. The monoisotopic (exact) mass is 252 g/mol. The van der Waals surface area contributed by atoms with E-state index >= 15 is 0 Å². The van der Waals surface area contributed by atoms with Crippen molar-refractivity contribution >= 4 is 12.1 Å². The Morgan fingerprint density at radius 3 is 2.61 bits per heavy atom. The summed E-state index contributed by atoms with van der Waals surface area (Å²) in [6, 6.07) is 0. The Bertz CT molecular complexity index is 412. The van der Waals surface area contributed by atoms with Crippen LogP contribution in [-0.2, 0) is 14.3 Å². The lowest BCUT2D eigenvalue weighted by atomic mass is 9.87. The van der Waals surface area contributed by atoms with Gasteiger partial charge in [-0.25, -0.2) is 9.59 Å². The van der Waals surface area contributed by atoms with Crippen LogP contribution in [0.5, 0.6) is 0 Å². The molecular formula is C12H16N2O4. The molecule has 1 N–H and O–H groups in total. The zero-order valence-electron chi connectivity index (χ0n) is 10.1. The lowest BCUT2D eigenvalue weighted by Gasteiger charge is -2.43. The minimum Gasteiger partial charge on any atom is -0.456 e. The summed E-state index contributed by atoms with van der Waals surface area (Å²) >= 11 is 0. The second-order valence-electron chi connectivity index (χ2n) is 4.95. The predicted octanol–water partition coefficient (Wildman–Crippen LogP) is 0.392. The van der Waals surface area contributed by atoms with Crippen molar-refractivity contribution in [1.82, 2.24) is 10.2 Å². The lowest BCUT2D eigenvalue weighted by Crippen LogP contribution is -2.53. The van der Waals surface area contributed by atoms with E-state index in [0.29, 0.717) is 12.2 Å². The Balaban J connectivity index is 1.70. The van der Waals surface area contributed by atoms with Crippen LogP contribution in [0.3, 0.4) is 0 Å². The molecule has 3 heterocycles. The molecule has 0 aromatic carbocycles. The van der Waals surface area contributed by atoms with E-state index in [4.69, 9.17) is 9.47 Å². The van der Waals surface area contributed by atoms with E-state index in [9.17, 15) is 9.59 Å². The molecule has 0 atom stereocenters. The number of cyclic esters (lactones) is 1. The summed E-state index contributed by atoms with van der Waals surface area (Å²) in [7, 11) is 0. The van der Waals surface area contributed by atoms with Crippen LogP contribution in [0.4, 0.5) is 4.79 Å². The first-order valence-corrected chi connectivity index (χ1v) is 6.27. The number of nitrogens with one attached hydrogen (secondary N) is 1. The van der Waals surface area contributed by atoms with Crippen LogP contribution >= 0.6 is 0 Å². The van der Waals surface area contributed by atoms with Crippen molar-refractivity contribution in [3.8, 4) is 0 Å². The largest absolute Gasteiger partial charge is 0.456 e. The number of hydrogen-bond acceptors (Lipinski definition) is 5. The smallest absolute Gasteiger partial charge is 0.414 e. The number of carbonyl (C=O) groups excluding carboxylic acids is 2. The molecular weight excluding hydrogens is 236 g/mol. The van der Waals surface area contributed by atoms with Gasteiger partial charge in [-0.15, -0.1) is 0 Å². The van der Waals surface area contributed by atoms with Crippen LogP contribution in [0.15, 0.2) is 11.8 Å². The van der Waals surface area contributed by atoms with Crippen molar-refractivity contribution in [3.63, 3.8) is 0 Å². The van der Waals surface area contributed by atoms with E-state index in [2.05, 4.69) is 5.32 Å². The summed E-state index contributed by atoms with van der Waals surface area (Å²) < 4.78 is 10.4. The van der Waals surface area contributed by atoms with Crippen molar-refractivity contribution in [2.45, 2.75) is 24.9 Å². The van der Waals surface area contributed by atoms with Crippen LogP contribution in [0.2, 0.25) is 0 Å². The average Bonchev–Trinajstić information content (AvgIpc) is 2.77. The van der Waals surface area contributed by atoms with Gasteiger partial charge in [0.25, 0.3) is 0 Å². The molecule has 18 heavy (non-hydrogen) atoms. The van der Waals surface area contributed by atoms with Gasteiger partial charge in [-0.2, -0.15) is 0 Å². The summed E-state index contributed by atoms with van der Waals surface area (Å²) in [5.41, 5.74) is 0.303.